The summed E-state index contributed by atoms with van der Waals surface area (Å²) in [5.74, 6) is -0.871. The van der Waals surface area contributed by atoms with Gasteiger partial charge < -0.3 is 18.5 Å². The highest BCUT2D eigenvalue weighted by Gasteiger charge is 2.42. The minimum Gasteiger partial charge on any atom is -0.546 e. The van der Waals surface area contributed by atoms with Crippen LogP contribution in [-0.4, -0.2) is 39.0 Å². The highest BCUT2D eigenvalue weighted by atomic mass is 28.4. The van der Waals surface area contributed by atoms with Gasteiger partial charge in [-0.15, -0.1) is 0 Å². The van der Waals surface area contributed by atoms with E-state index in [0.29, 0.717) is 11.3 Å². The molecular weight excluding hydrogens is 422 g/mol. The molecule has 1 aromatic heterocycles. The third-order valence-corrected chi connectivity index (χ3v) is 11.0. The van der Waals surface area contributed by atoms with Crippen molar-refractivity contribution in [2.24, 2.45) is 7.05 Å². The predicted molar refractivity (Wildman–Crippen MR) is 128 cm³/mol. The van der Waals surface area contributed by atoms with E-state index in [1.165, 1.54) is 14.2 Å². The van der Waals surface area contributed by atoms with Gasteiger partial charge in [-0.25, -0.2) is 9.59 Å². The number of para-hydroxylation sites is 1. The van der Waals surface area contributed by atoms with Gasteiger partial charge in [-0.2, -0.15) is 0 Å². The van der Waals surface area contributed by atoms with E-state index < -0.39 is 26.2 Å². The number of benzene rings is 1. The summed E-state index contributed by atoms with van der Waals surface area (Å²) < 4.78 is 18.8. The van der Waals surface area contributed by atoms with Gasteiger partial charge in [0, 0.05) is 36.5 Å². The largest absolute Gasteiger partial charge is 0.546 e. The molecule has 0 unspecified atom stereocenters. The van der Waals surface area contributed by atoms with Crippen LogP contribution in [0.2, 0.25) is 18.1 Å². The van der Waals surface area contributed by atoms with Crippen LogP contribution in [-0.2, 0) is 30.5 Å². The Balaban J connectivity index is 2.24. The number of carbonyl (C=O) groups is 2. The van der Waals surface area contributed by atoms with Crippen LogP contribution in [0.4, 0.5) is 0 Å². The molecule has 1 heterocycles. The quantitative estimate of drug-likeness (QED) is 0.457. The Kier molecular flexibility index (Phi) is 6.42. The number of aromatic nitrogens is 1. The maximum Gasteiger partial charge on any atom is 0.335 e. The van der Waals surface area contributed by atoms with Crippen molar-refractivity contribution in [3.8, 4) is 0 Å². The molecule has 32 heavy (non-hydrogen) atoms. The Morgan fingerprint density at radius 2 is 1.69 bits per heavy atom. The second-order valence-corrected chi connectivity index (χ2v) is 14.5. The Morgan fingerprint density at radius 1 is 1.06 bits per heavy atom. The van der Waals surface area contributed by atoms with Gasteiger partial charge in [-0.1, -0.05) is 39.0 Å². The van der Waals surface area contributed by atoms with E-state index in [1.807, 2.05) is 48.2 Å². The number of ether oxygens (including phenoxy) is 2. The zero-order valence-electron chi connectivity index (χ0n) is 20.2. The Labute approximate surface area is 191 Å². The number of rotatable bonds is 5. The predicted octanol–water partition coefficient (Wildman–Crippen LogP) is 5.21. The molecule has 2 aromatic rings. The molecule has 0 aliphatic heterocycles. The Hall–Kier alpha value is -2.80. The summed E-state index contributed by atoms with van der Waals surface area (Å²) in [5.41, 5.74) is 2.55. The summed E-state index contributed by atoms with van der Waals surface area (Å²) in [5, 5.41) is 0.996. The van der Waals surface area contributed by atoms with Crippen molar-refractivity contribution in [3.63, 3.8) is 0 Å². The first kappa shape index (κ1) is 23.9. The lowest BCUT2D eigenvalue weighted by Gasteiger charge is -2.38. The van der Waals surface area contributed by atoms with Gasteiger partial charge in [0.2, 0.25) is 8.32 Å². The molecule has 0 amide bonds. The Bertz CT molecular complexity index is 1120. The summed E-state index contributed by atoms with van der Waals surface area (Å²) in [7, 11) is 2.45. The number of carbonyl (C=O) groups excluding carboxylic acids is 2. The molecule has 0 saturated carbocycles. The van der Waals surface area contributed by atoms with E-state index in [-0.39, 0.29) is 17.0 Å². The summed E-state index contributed by atoms with van der Waals surface area (Å²) in [4.78, 5) is 25.7. The molecule has 1 aliphatic carbocycles. The molecule has 0 bridgehead atoms. The van der Waals surface area contributed by atoms with E-state index in [4.69, 9.17) is 13.9 Å². The van der Waals surface area contributed by atoms with Gasteiger partial charge in [0.05, 0.1) is 31.1 Å². The van der Waals surface area contributed by atoms with Gasteiger partial charge in [-0.3, -0.25) is 0 Å². The van der Waals surface area contributed by atoms with Crippen LogP contribution in [0.5, 0.6) is 0 Å². The highest BCUT2D eigenvalue weighted by Crippen LogP contribution is 2.44. The number of aryl methyl sites for hydroxylation is 1. The van der Waals surface area contributed by atoms with Gasteiger partial charge in [0.25, 0.3) is 0 Å². The highest BCUT2D eigenvalue weighted by molar-refractivity contribution is 6.74. The van der Waals surface area contributed by atoms with E-state index in [9.17, 15) is 9.59 Å². The summed E-state index contributed by atoms with van der Waals surface area (Å²) in [6.45, 7) is 10.8. The number of esters is 2. The maximum absolute atomic E-state index is 12.9. The molecule has 172 valence electrons. The van der Waals surface area contributed by atoms with Crippen LogP contribution < -0.4 is 0 Å². The average molecular weight is 456 g/mol. The fourth-order valence-corrected chi connectivity index (χ4v) is 4.97. The third-order valence-electron chi connectivity index (χ3n) is 6.63. The van der Waals surface area contributed by atoms with Gasteiger partial charge in [-0.05, 0) is 35.8 Å². The van der Waals surface area contributed by atoms with Crippen molar-refractivity contribution < 1.29 is 23.5 Å². The monoisotopic (exact) mass is 455 g/mol. The molecule has 0 saturated heterocycles. The van der Waals surface area contributed by atoms with Crippen LogP contribution in [0, 0.1) is 0 Å². The minimum atomic E-state index is -2.17. The van der Waals surface area contributed by atoms with Crippen LogP contribution in [0.1, 0.15) is 38.7 Å². The van der Waals surface area contributed by atoms with E-state index in [2.05, 4.69) is 33.9 Å². The van der Waals surface area contributed by atoms with E-state index in [0.717, 1.165) is 16.5 Å². The molecule has 1 aromatic carbocycles. The van der Waals surface area contributed by atoms with Crippen LogP contribution >= 0.6 is 0 Å². The molecular formula is C25H33NO5Si. The maximum atomic E-state index is 12.9. The molecule has 3 rings (SSSR count). The van der Waals surface area contributed by atoms with Crippen molar-refractivity contribution in [3.05, 3.63) is 59.0 Å². The van der Waals surface area contributed by atoms with Gasteiger partial charge in [0.15, 0.2) is 0 Å². The molecule has 0 spiro atoms. The first-order chi connectivity index (χ1) is 14.9. The molecule has 0 radical (unpaired) electrons. The van der Waals surface area contributed by atoms with Crippen LogP contribution in [0.3, 0.4) is 0 Å². The lowest BCUT2D eigenvalue weighted by molar-refractivity contribution is -0.139. The normalized spacial score (nSPS) is 17.2. The summed E-state index contributed by atoms with van der Waals surface area (Å²) >= 11 is 0. The van der Waals surface area contributed by atoms with Gasteiger partial charge in [0.1, 0.15) is 0 Å². The molecule has 1 atom stereocenters. The van der Waals surface area contributed by atoms with Crippen molar-refractivity contribution in [2.75, 3.05) is 14.2 Å². The first-order valence-electron chi connectivity index (χ1n) is 10.7. The number of allylic oxidation sites excluding steroid dienone is 2. The van der Waals surface area contributed by atoms with Crippen molar-refractivity contribution >= 4 is 31.2 Å². The van der Waals surface area contributed by atoms with Crippen molar-refractivity contribution in [1.82, 2.24) is 4.57 Å². The summed E-state index contributed by atoms with van der Waals surface area (Å²) in [6, 6.07) is 8.00. The lowest BCUT2D eigenvalue weighted by atomic mass is 9.82. The zero-order valence-corrected chi connectivity index (χ0v) is 21.2. The molecule has 7 heteroatoms. The number of fused-ring (bicyclic) bond motifs is 1. The average Bonchev–Trinajstić information content (AvgIpc) is 3.07. The smallest absolute Gasteiger partial charge is 0.335 e. The fraction of sp³-hybridized carbons (Fsp3) is 0.440. The lowest BCUT2D eigenvalue weighted by Crippen LogP contribution is -2.41. The molecule has 6 nitrogen and oxygen atoms in total. The van der Waals surface area contributed by atoms with E-state index in [1.54, 1.807) is 0 Å². The minimum absolute atomic E-state index is 0.0133. The Morgan fingerprint density at radius 3 is 2.28 bits per heavy atom. The standard InChI is InChI=1S/C25H33NO5Si/c1-25(2,3)32(7,8)31-16-13-18(20-15-26(4)21-12-10-9-11-17(20)21)22(24(28)30-6)19(14-16)23(27)29-5/h9-13,15,18H,14H2,1-8H3/t18-/m1/s1. The second kappa shape index (κ2) is 8.62. The van der Waals surface area contributed by atoms with E-state index >= 15 is 0 Å². The third kappa shape index (κ3) is 4.26. The molecule has 1 aliphatic rings. The molecule has 0 fully saturated rings. The topological polar surface area (TPSA) is 66.8 Å². The fourth-order valence-electron chi connectivity index (χ4n) is 3.87. The summed E-state index contributed by atoms with van der Waals surface area (Å²) in [6.07, 6.45) is 4.17. The number of hydrogen-bond donors (Lipinski definition) is 0. The van der Waals surface area contributed by atoms with Crippen molar-refractivity contribution in [1.29, 1.82) is 0 Å². The SMILES string of the molecule is COC(=O)C1=C(C(=O)OC)[C@@H](c2cn(C)c3ccccc23)C=C(O[Si](C)(C)C(C)(C)C)C1. The van der Waals surface area contributed by atoms with Crippen LogP contribution in [0.15, 0.2) is 53.4 Å². The van der Waals surface area contributed by atoms with Crippen LogP contribution in [0.25, 0.3) is 10.9 Å². The zero-order chi connectivity index (χ0) is 23.8. The number of nitrogens with zero attached hydrogens (tertiary/aromatic N) is 1. The molecule has 0 N–H and O–H groups in total. The van der Waals surface area contributed by atoms with Gasteiger partial charge >= 0.3 is 11.9 Å². The van der Waals surface area contributed by atoms with Crippen molar-refractivity contribution in [2.45, 2.75) is 51.2 Å². The number of hydrogen-bond acceptors (Lipinski definition) is 5. The number of methoxy groups -OCH3 is 2. The second-order valence-electron chi connectivity index (χ2n) is 9.74. The first-order valence-corrected chi connectivity index (χ1v) is 13.7.